The van der Waals surface area contributed by atoms with Gasteiger partial charge >= 0.3 is 6.18 Å². The molecule has 38 heavy (non-hydrogen) atoms. The minimum absolute atomic E-state index is 0.0261. The molecule has 0 spiro atoms. The summed E-state index contributed by atoms with van der Waals surface area (Å²) in [5.41, 5.74) is 12.0. The molecule has 3 aromatic rings. The number of nitrogens with one attached hydrogen (secondary N) is 2. The molecule has 1 fully saturated rings. The number of aromatic nitrogens is 2. The van der Waals surface area contributed by atoms with Crippen LogP contribution in [0.4, 0.5) is 18.9 Å². The lowest BCUT2D eigenvalue weighted by Crippen LogP contribution is -2.21. The molecule has 196 valence electrons. The molecule has 1 amide bonds. The fourth-order valence-electron chi connectivity index (χ4n) is 3.46. The van der Waals surface area contributed by atoms with Gasteiger partial charge in [0.25, 0.3) is 5.91 Å². The molecular weight excluding hydrogens is 517 g/mol. The number of imidazole rings is 1. The molecule has 0 bridgehead atoms. The number of hydrogen-bond acceptors (Lipinski definition) is 5. The van der Waals surface area contributed by atoms with Crippen molar-refractivity contribution in [3.63, 3.8) is 0 Å². The van der Waals surface area contributed by atoms with Crippen molar-refractivity contribution in [2.75, 3.05) is 5.32 Å². The lowest BCUT2D eigenvalue weighted by Gasteiger charge is -2.15. The highest BCUT2D eigenvalue weighted by atomic mass is 35.5. The minimum Gasteiger partial charge on any atom is -0.392 e. The van der Waals surface area contributed by atoms with Crippen LogP contribution in [0.15, 0.2) is 72.6 Å². The summed E-state index contributed by atoms with van der Waals surface area (Å²) in [5, 5.41) is 5.90. The maximum absolute atomic E-state index is 13.8. The Morgan fingerprint density at radius 1 is 1.18 bits per heavy atom. The average Bonchev–Trinajstić information content (AvgIpc) is 3.57. The fourth-order valence-corrected chi connectivity index (χ4v) is 3.62. The van der Waals surface area contributed by atoms with Crippen LogP contribution >= 0.6 is 11.6 Å². The van der Waals surface area contributed by atoms with E-state index < -0.39 is 17.6 Å². The number of anilines is 1. The van der Waals surface area contributed by atoms with E-state index >= 15 is 0 Å². The molecule has 11 heteroatoms. The van der Waals surface area contributed by atoms with Gasteiger partial charge in [0.1, 0.15) is 0 Å². The highest BCUT2D eigenvalue weighted by Crippen LogP contribution is 2.36. The Hall–Kier alpha value is -4.36. The second kappa shape index (κ2) is 10.9. The summed E-state index contributed by atoms with van der Waals surface area (Å²) in [7, 11) is 0. The number of alkyl halides is 3. The number of nitrogens with zero attached hydrogens (tertiary/aromatic N) is 2. The van der Waals surface area contributed by atoms with Gasteiger partial charge in [-0.2, -0.15) is 13.2 Å². The van der Waals surface area contributed by atoms with Crippen molar-refractivity contribution >= 4 is 23.2 Å². The van der Waals surface area contributed by atoms with E-state index in [2.05, 4.69) is 27.5 Å². The first-order valence-corrected chi connectivity index (χ1v) is 11.9. The van der Waals surface area contributed by atoms with Gasteiger partial charge in [-0.25, -0.2) is 4.98 Å². The van der Waals surface area contributed by atoms with Gasteiger partial charge in [0.05, 0.1) is 39.8 Å². The van der Waals surface area contributed by atoms with Crippen LogP contribution in [0, 0.1) is 18.8 Å². The van der Waals surface area contributed by atoms with Crippen LogP contribution in [0.5, 0.6) is 0 Å². The monoisotopic (exact) mass is 540 g/mol. The van der Waals surface area contributed by atoms with Crippen LogP contribution in [-0.2, 0) is 6.18 Å². The van der Waals surface area contributed by atoms with Gasteiger partial charge in [0, 0.05) is 29.1 Å². The topological polar surface area (TPSA) is 111 Å². The highest BCUT2D eigenvalue weighted by molar-refractivity contribution is 6.32. The van der Waals surface area contributed by atoms with E-state index in [0.717, 1.165) is 18.9 Å². The summed E-state index contributed by atoms with van der Waals surface area (Å²) in [4.78, 5) is 16.8. The van der Waals surface area contributed by atoms with Crippen molar-refractivity contribution in [1.82, 2.24) is 14.9 Å². The van der Waals surface area contributed by atoms with Crippen molar-refractivity contribution in [3.05, 3.63) is 100.0 Å². The zero-order valence-corrected chi connectivity index (χ0v) is 21.0. The molecule has 0 saturated heterocycles. The number of rotatable bonds is 6. The van der Waals surface area contributed by atoms with Gasteiger partial charge in [-0.1, -0.05) is 17.5 Å². The van der Waals surface area contributed by atoms with Gasteiger partial charge in [0.2, 0.25) is 0 Å². The third-order valence-electron chi connectivity index (χ3n) is 5.51. The van der Waals surface area contributed by atoms with Crippen molar-refractivity contribution in [3.8, 4) is 17.5 Å². The first kappa shape index (κ1) is 26.7. The number of carbonyl (C=O) groups is 1. The van der Waals surface area contributed by atoms with Gasteiger partial charge in [-0.05, 0) is 74.2 Å². The number of carbonyl (C=O) groups excluding carboxylic acids is 1. The van der Waals surface area contributed by atoms with Crippen molar-refractivity contribution in [1.29, 1.82) is 0 Å². The Morgan fingerprint density at radius 3 is 2.61 bits per heavy atom. The molecule has 0 radical (unpaired) electrons. The summed E-state index contributed by atoms with van der Waals surface area (Å²) in [6, 6.07) is 8.29. The third kappa shape index (κ3) is 6.89. The minimum atomic E-state index is -4.65. The summed E-state index contributed by atoms with van der Waals surface area (Å²) in [5.74, 6) is 5.39. The molecule has 0 atom stereocenters. The number of allylic oxidation sites excluding steroid dienone is 3. The van der Waals surface area contributed by atoms with Crippen LogP contribution in [0.3, 0.4) is 0 Å². The zero-order valence-electron chi connectivity index (χ0n) is 20.2. The normalized spacial score (nSPS) is 14.0. The third-order valence-corrected chi connectivity index (χ3v) is 5.84. The SMILES string of the molecule is Cc1cn(-c2ccc(NC(=O)c3ccc(Cl)c(C#C/C(N)=C/C=C(\N)NC4CC4)c3)cc2C(F)(F)F)cn1. The van der Waals surface area contributed by atoms with E-state index in [1.54, 1.807) is 19.1 Å². The summed E-state index contributed by atoms with van der Waals surface area (Å²) >= 11 is 6.22. The van der Waals surface area contributed by atoms with E-state index in [1.165, 1.54) is 47.4 Å². The first-order valence-electron chi connectivity index (χ1n) is 11.5. The van der Waals surface area contributed by atoms with E-state index in [0.29, 0.717) is 23.1 Å². The molecular formula is C27H24ClF3N6O. The molecule has 7 nitrogen and oxygen atoms in total. The summed E-state index contributed by atoms with van der Waals surface area (Å²) in [6.07, 6.45) is 3.45. The molecule has 6 N–H and O–H groups in total. The number of amides is 1. The zero-order chi connectivity index (χ0) is 27.4. The maximum atomic E-state index is 13.8. The van der Waals surface area contributed by atoms with E-state index in [4.69, 9.17) is 23.1 Å². The largest absolute Gasteiger partial charge is 0.418 e. The lowest BCUT2D eigenvalue weighted by atomic mass is 10.1. The maximum Gasteiger partial charge on any atom is 0.418 e. The molecule has 1 heterocycles. The molecule has 1 aromatic heterocycles. The van der Waals surface area contributed by atoms with Crippen molar-refractivity contribution in [2.45, 2.75) is 32.0 Å². The first-order chi connectivity index (χ1) is 18.0. The predicted octanol–water partition coefficient (Wildman–Crippen LogP) is 4.85. The molecule has 1 aliphatic carbocycles. The van der Waals surface area contributed by atoms with E-state index in [-0.39, 0.29) is 27.7 Å². The molecule has 4 rings (SSSR count). The van der Waals surface area contributed by atoms with Crippen LogP contribution < -0.4 is 22.1 Å². The second-order valence-electron chi connectivity index (χ2n) is 8.71. The molecule has 0 aliphatic heterocycles. The smallest absolute Gasteiger partial charge is 0.392 e. The van der Waals surface area contributed by atoms with Gasteiger partial charge in [0.15, 0.2) is 0 Å². The Kier molecular flexibility index (Phi) is 7.69. The van der Waals surface area contributed by atoms with E-state index in [1.807, 2.05) is 0 Å². The molecule has 1 saturated carbocycles. The van der Waals surface area contributed by atoms with Crippen LogP contribution in [0.25, 0.3) is 5.69 Å². The number of aryl methyl sites for hydroxylation is 1. The Morgan fingerprint density at radius 2 is 1.95 bits per heavy atom. The molecule has 0 unspecified atom stereocenters. The Labute approximate surface area is 222 Å². The summed E-state index contributed by atoms with van der Waals surface area (Å²) in [6.45, 7) is 1.67. The van der Waals surface area contributed by atoms with Gasteiger partial charge in [-0.3, -0.25) is 4.79 Å². The summed E-state index contributed by atoms with van der Waals surface area (Å²) < 4.78 is 42.6. The highest BCUT2D eigenvalue weighted by Gasteiger charge is 2.34. The van der Waals surface area contributed by atoms with E-state index in [9.17, 15) is 18.0 Å². The van der Waals surface area contributed by atoms with Crippen molar-refractivity contribution < 1.29 is 18.0 Å². The standard InChI is InChI=1S/C27H24ClF3N6O/c1-16-14-37(15-34-16)24-10-8-21(13-22(24)27(29,30)31)36-26(38)18-3-9-23(28)17(12-18)2-4-19(32)5-11-25(33)35-20-6-7-20/h3,5,8-15,20,35H,6-7,32-33H2,1H3,(H,36,38)/b19-5-,25-11+. The average molecular weight is 541 g/mol. The fraction of sp³-hybridized carbons (Fsp3) is 0.185. The van der Waals surface area contributed by atoms with Crippen LogP contribution in [-0.4, -0.2) is 21.5 Å². The van der Waals surface area contributed by atoms with Gasteiger partial charge < -0.3 is 26.7 Å². The molecule has 2 aromatic carbocycles. The number of nitrogens with two attached hydrogens (primary N) is 2. The van der Waals surface area contributed by atoms with Crippen LogP contribution in [0.1, 0.15) is 40.0 Å². The Balaban J connectivity index is 1.53. The number of hydrogen-bond donors (Lipinski definition) is 4. The Bertz CT molecular complexity index is 1490. The van der Waals surface area contributed by atoms with Crippen LogP contribution in [0.2, 0.25) is 5.02 Å². The number of halogens is 4. The molecule has 1 aliphatic rings. The second-order valence-corrected chi connectivity index (χ2v) is 9.12. The predicted molar refractivity (Wildman–Crippen MR) is 140 cm³/mol. The number of benzene rings is 2. The lowest BCUT2D eigenvalue weighted by molar-refractivity contribution is -0.137. The van der Waals surface area contributed by atoms with Crippen molar-refractivity contribution in [2.24, 2.45) is 11.5 Å². The van der Waals surface area contributed by atoms with Gasteiger partial charge in [-0.15, -0.1) is 0 Å². The quantitative estimate of drug-likeness (QED) is 0.264.